The second kappa shape index (κ2) is 2.22. The maximum atomic E-state index is 5.70. The average molecular weight is 153 g/mol. The molecule has 0 aromatic rings. The molecule has 0 aromatic heterocycles. The lowest BCUT2D eigenvalue weighted by Gasteiger charge is -2.28. The predicted molar refractivity (Wildman–Crippen MR) is 45.1 cm³/mol. The van der Waals surface area contributed by atoms with Gasteiger partial charge in [-0.1, -0.05) is 20.3 Å². The summed E-state index contributed by atoms with van der Waals surface area (Å²) in [4.78, 5) is 0. The van der Waals surface area contributed by atoms with Crippen molar-refractivity contribution in [3.63, 3.8) is 0 Å². The molecule has 4 atom stereocenters. The Morgan fingerprint density at radius 3 is 2.82 bits per heavy atom. The van der Waals surface area contributed by atoms with Gasteiger partial charge in [-0.3, -0.25) is 0 Å². The van der Waals surface area contributed by atoms with E-state index in [1.807, 2.05) is 0 Å². The molecule has 0 spiro atoms. The van der Waals surface area contributed by atoms with Crippen molar-refractivity contribution in [3.8, 4) is 0 Å². The SMILES string of the molecule is [CH2]C(C)C1CCCC2OC21C. The van der Waals surface area contributed by atoms with Crippen LogP contribution in [0.25, 0.3) is 0 Å². The van der Waals surface area contributed by atoms with Crippen LogP contribution < -0.4 is 0 Å². The first-order chi connectivity index (χ1) is 5.14. The van der Waals surface area contributed by atoms with E-state index < -0.39 is 0 Å². The van der Waals surface area contributed by atoms with Crippen LogP contribution in [-0.2, 0) is 4.74 Å². The van der Waals surface area contributed by atoms with Crippen LogP contribution in [0.15, 0.2) is 0 Å². The minimum Gasteiger partial charge on any atom is -0.366 e. The van der Waals surface area contributed by atoms with Crippen molar-refractivity contribution in [2.75, 3.05) is 0 Å². The number of rotatable bonds is 1. The van der Waals surface area contributed by atoms with E-state index in [2.05, 4.69) is 20.8 Å². The molecule has 4 unspecified atom stereocenters. The Kier molecular flexibility index (Phi) is 1.54. The first-order valence-corrected chi connectivity index (χ1v) is 4.65. The third kappa shape index (κ3) is 1.01. The summed E-state index contributed by atoms with van der Waals surface area (Å²) in [5.41, 5.74) is 0.222. The summed E-state index contributed by atoms with van der Waals surface area (Å²) in [5.74, 6) is 1.26. The molecule has 0 N–H and O–H groups in total. The Balaban J connectivity index is 2.08. The molecule has 2 rings (SSSR count). The smallest absolute Gasteiger partial charge is 0.0950 e. The Labute approximate surface area is 69.1 Å². The van der Waals surface area contributed by atoms with Gasteiger partial charge in [-0.25, -0.2) is 0 Å². The molecule has 0 aromatic carbocycles. The van der Waals surface area contributed by atoms with Gasteiger partial charge in [0.1, 0.15) is 0 Å². The van der Waals surface area contributed by atoms with Crippen molar-refractivity contribution in [2.24, 2.45) is 11.8 Å². The molecule has 1 radical (unpaired) electrons. The van der Waals surface area contributed by atoms with E-state index in [0.717, 1.165) is 0 Å². The highest BCUT2D eigenvalue weighted by Gasteiger charge is 2.59. The van der Waals surface area contributed by atoms with E-state index in [0.29, 0.717) is 17.9 Å². The van der Waals surface area contributed by atoms with Crippen molar-refractivity contribution >= 4 is 0 Å². The van der Waals surface area contributed by atoms with Crippen molar-refractivity contribution in [2.45, 2.75) is 44.8 Å². The van der Waals surface area contributed by atoms with Crippen LogP contribution >= 0.6 is 0 Å². The summed E-state index contributed by atoms with van der Waals surface area (Å²) in [7, 11) is 0. The van der Waals surface area contributed by atoms with Gasteiger partial charge in [0.15, 0.2) is 0 Å². The normalized spacial score (nSPS) is 49.1. The first-order valence-electron chi connectivity index (χ1n) is 4.65. The number of hydrogen-bond acceptors (Lipinski definition) is 1. The van der Waals surface area contributed by atoms with Gasteiger partial charge in [-0.15, -0.1) is 0 Å². The number of hydrogen-bond donors (Lipinski definition) is 0. The molecule has 1 saturated carbocycles. The molecule has 1 aliphatic carbocycles. The second-order valence-corrected chi connectivity index (χ2v) is 4.31. The molecule has 1 heterocycles. The van der Waals surface area contributed by atoms with Crippen LogP contribution in [0, 0.1) is 18.8 Å². The monoisotopic (exact) mass is 153 g/mol. The summed E-state index contributed by atoms with van der Waals surface area (Å²) in [5, 5.41) is 0. The van der Waals surface area contributed by atoms with Gasteiger partial charge in [0.25, 0.3) is 0 Å². The molecule has 63 valence electrons. The summed E-state index contributed by atoms with van der Waals surface area (Å²) >= 11 is 0. The summed E-state index contributed by atoms with van der Waals surface area (Å²) < 4.78 is 5.70. The standard InChI is InChI=1S/C10H17O/c1-7(2)8-5-4-6-9-10(8,3)11-9/h7-9H,1,4-6H2,2-3H3. The molecule has 1 heteroatoms. The van der Waals surface area contributed by atoms with Gasteiger partial charge in [0, 0.05) is 0 Å². The van der Waals surface area contributed by atoms with Gasteiger partial charge in [-0.05, 0) is 31.6 Å². The Morgan fingerprint density at radius 1 is 1.55 bits per heavy atom. The molecule has 1 saturated heterocycles. The lowest BCUT2D eigenvalue weighted by molar-refractivity contribution is 0.191. The van der Waals surface area contributed by atoms with Crippen molar-refractivity contribution in [1.29, 1.82) is 0 Å². The fourth-order valence-electron chi connectivity index (χ4n) is 2.60. The molecular weight excluding hydrogens is 136 g/mol. The number of fused-ring (bicyclic) bond motifs is 1. The number of epoxide rings is 1. The van der Waals surface area contributed by atoms with E-state index in [1.165, 1.54) is 19.3 Å². The van der Waals surface area contributed by atoms with Gasteiger partial charge in [0.05, 0.1) is 11.7 Å². The number of ether oxygens (including phenoxy) is 1. The van der Waals surface area contributed by atoms with E-state index in [9.17, 15) is 0 Å². The lowest BCUT2D eigenvalue weighted by Crippen LogP contribution is -2.31. The van der Waals surface area contributed by atoms with Crippen molar-refractivity contribution < 1.29 is 4.74 Å². The predicted octanol–water partition coefficient (Wildman–Crippen LogP) is 2.41. The lowest BCUT2D eigenvalue weighted by atomic mass is 9.74. The Bertz CT molecular complexity index is 164. The highest BCUT2D eigenvalue weighted by atomic mass is 16.6. The van der Waals surface area contributed by atoms with Crippen molar-refractivity contribution in [3.05, 3.63) is 6.92 Å². The topological polar surface area (TPSA) is 12.5 Å². The maximum absolute atomic E-state index is 5.70. The summed E-state index contributed by atoms with van der Waals surface area (Å²) in [6.07, 6.45) is 4.51. The van der Waals surface area contributed by atoms with Crippen LogP contribution in [0.3, 0.4) is 0 Å². The molecule has 0 bridgehead atoms. The molecular formula is C10H17O. The van der Waals surface area contributed by atoms with Gasteiger partial charge >= 0.3 is 0 Å². The zero-order valence-corrected chi connectivity index (χ0v) is 7.47. The second-order valence-electron chi connectivity index (χ2n) is 4.31. The van der Waals surface area contributed by atoms with Crippen LogP contribution in [-0.4, -0.2) is 11.7 Å². The molecule has 2 fully saturated rings. The minimum atomic E-state index is 0.222. The first kappa shape index (κ1) is 7.60. The highest BCUT2D eigenvalue weighted by molar-refractivity contribution is 5.07. The van der Waals surface area contributed by atoms with Gasteiger partial charge in [-0.2, -0.15) is 0 Å². The minimum absolute atomic E-state index is 0.222. The van der Waals surface area contributed by atoms with Crippen LogP contribution in [0.5, 0.6) is 0 Å². The van der Waals surface area contributed by atoms with E-state index in [4.69, 9.17) is 4.74 Å². The van der Waals surface area contributed by atoms with Crippen LogP contribution in [0.1, 0.15) is 33.1 Å². The fraction of sp³-hybridized carbons (Fsp3) is 0.900. The van der Waals surface area contributed by atoms with Gasteiger partial charge < -0.3 is 4.74 Å². The maximum Gasteiger partial charge on any atom is 0.0950 e. The van der Waals surface area contributed by atoms with Crippen LogP contribution in [0.4, 0.5) is 0 Å². The summed E-state index contributed by atoms with van der Waals surface area (Å²) in [6.45, 7) is 8.57. The van der Waals surface area contributed by atoms with E-state index in [-0.39, 0.29) is 5.60 Å². The third-order valence-corrected chi connectivity index (χ3v) is 3.38. The molecule has 11 heavy (non-hydrogen) atoms. The van der Waals surface area contributed by atoms with Gasteiger partial charge in [0.2, 0.25) is 0 Å². The van der Waals surface area contributed by atoms with E-state index >= 15 is 0 Å². The zero-order chi connectivity index (χ0) is 8.06. The quantitative estimate of drug-likeness (QED) is 0.527. The van der Waals surface area contributed by atoms with Crippen molar-refractivity contribution in [1.82, 2.24) is 0 Å². The third-order valence-electron chi connectivity index (χ3n) is 3.38. The van der Waals surface area contributed by atoms with Crippen LogP contribution in [0.2, 0.25) is 0 Å². The molecule has 2 aliphatic rings. The highest BCUT2D eigenvalue weighted by Crippen LogP contribution is 2.53. The summed E-state index contributed by atoms with van der Waals surface area (Å²) in [6, 6.07) is 0. The Hall–Kier alpha value is -0.0400. The molecule has 0 amide bonds. The molecule has 1 aliphatic heterocycles. The zero-order valence-electron chi connectivity index (χ0n) is 7.47. The average Bonchev–Trinajstić information content (AvgIpc) is 2.58. The molecule has 1 nitrogen and oxygen atoms in total. The largest absolute Gasteiger partial charge is 0.366 e. The fourth-order valence-corrected chi connectivity index (χ4v) is 2.60. The Morgan fingerprint density at radius 2 is 2.27 bits per heavy atom. The van der Waals surface area contributed by atoms with E-state index in [1.54, 1.807) is 0 Å².